The molecule has 0 fully saturated rings. The number of anilines is 1. The van der Waals surface area contributed by atoms with Gasteiger partial charge in [0.1, 0.15) is 6.17 Å². The minimum absolute atomic E-state index is 0.121. The molecule has 0 saturated heterocycles. The fraction of sp³-hybridized carbons (Fsp3) is 0.333. The van der Waals surface area contributed by atoms with E-state index < -0.39 is 22.5 Å². The second-order valence-corrected chi connectivity index (χ2v) is 6.92. The van der Waals surface area contributed by atoms with Crippen LogP contribution < -0.4 is 16.0 Å². The Labute approximate surface area is 142 Å². The monoisotopic (exact) mass is 371 g/mol. The summed E-state index contributed by atoms with van der Waals surface area (Å²) in [6, 6.07) is 7.43. The first-order chi connectivity index (χ1) is 9.72. The second kappa shape index (κ2) is 7.98. The first-order valence-electron chi connectivity index (χ1n) is 5.78. The first kappa shape index (κ1) is 18.2. The average Bonchev–Trinajstić information content (AvgIpc) is 2.36. The topological polar surface area (TPSA) is 53.2 Å². The molecule has 0 aliphatic heterocycles. The standard InChI is InChI=1S/C12H13Cl3FN3OS/c1-7-3-2-4-8(5-7)17-11(21)19-10(12(13,14)15)18-9(20)6-16/h2-5,10H,6H2,1H3,(H,18,20)(H2,17,19,21)/t10-/m1/s1. The van der Waals surface area contributed by atoms with E-state index in [4.69, 9.17) is 47.0 Å². The Balaban J connectivity index is 2.70. The number of benzene rings is 1. The van der Waals surface area contributed by atoms with Crippen molar-refractivity contribution >= 4 is 63.7 Å². The van der Waals surface area contributed by atoms with Crippen molar-refractivity contribution in [1.29, 1.82) is 0 Å². The molecule has 0 aliphatic rings. The van der Waals surface area contributed by atoms with Gasteiger partial charge in [-0.05, 0) is 36.8 Å². The third-order valence-electron chi connectivity index (χ3n) is 2.31. The lowest BCUT2D eigenvalue weighted by molar-refractivity contribution is -0.122. The van der Waals surface area contributed by atoms with Gasteiger partial charge >= 0.3 is 0 Å². The summed E-state index contributed by atoms with van der Waals surface area (Å²) in [5.41, 5.74) is 1.76. The summed E-state index contributed by atoms with van der Waals surface area (Å²) < 4.78 is 10.3. The normalized spacial score (nSPS) is 12.4. The first-order valence-corrected chi connectivity index (χ1v) is 7.33. The van der Waals surface area contributed by atoms with Crippen LogP contribution in [0.25, 0.3) is 0 Å². The van der Waals surface area contributed by atoms with Crippen LogP contribution in [0, 0.1) is 6.92 Å². The highest BCUT2D eigenvalue weighted by atomic mass is 35.6. The van der Waals surface area contributed by atoms with Gasteiger partial charge in [0.25, 0.3) is 5.91 Å². The van der Waals surface area contributed by atoms with Crippen molar-refractivity contribution < 1.29 is 9.18 Å². The smallest absolute Gasteiger partial charge is 0.253 e. The van der Waals surface area contributed by atoms with Crippen molar-refractivity contribution in [3.05, 3.63) is 29.8 Å². The van der Waals surface area contributed by atoms with Gasteiger partial charge in [0.05, 0.1) is 0 Å². The van der Waals surface area contributed by atoms with Gasteiger partial charge in [0.15, 0.2) is 11.8 Å². The number of thiocarbonyl (C=S) groups is 1. The van der Waals surface area contributed by atoms with E-state index in [1.54, 1.807) is 6.07 Å². The van der Waals surface area contributed by atoms with Crippen LogP contribution in [-0.4, -0.2) is 27.7 Å². The number of halogens is 4. The largest absolute Gasteiger partial charge is 0.339 e. The summed E-state index contributed by atoms with van der Waals surface area (Å²) in [4.78, 5) is 11.1. The maximum atomic E-state index is 12.2. The lowest BCUT2D eigenvalue weighted by Gasteiger charge is -2.27. The van der Waals surface area contributed by atoms with Crippen LogP contribution in [0.1, 0.15) is 5.56 Å². The van der Waals surface area contributed by atoms with Gasteiger partial charge in [-0.2, -0.15) is 0 Å². The predicted molar refractivity (Wildman–Crippen MR) is 88.7 cm³/mol. The highest BCUT2D eigenvalue weighted by Gasteiger charge is 2.34. The van der Waals surface area contributed by atoms with E-state index in [0.29, 0.717) is 0 Å². The van der Waals surface area contributed by atoms with Crippen LogP contribution in [0.3, 0.4) is 0 Å². The van der Waals surface area contributed by atoms with Crippen LogP contribution in [-0.2, 0) is 4.79 Å². The van der Waals surface area contributed by atoms with Crippen molar-refractivity contribution in [2.45, 2.75) is 16.9 Å². The van der Waals surface area contributed by atoms with E-state index in [2.05, 4.69) is 16.0 Å². The van der Waals surface area contributed by atoms with Gasteiger partial charge in [0, 0.05) is 5.69 Å². The fourth-order valence-corrected chi connectivity index (χ4v) is 1.98. The third kappa shape index (κ3) is 6.65. The minimum atomic E-state index is -1.90. The molecule has 1 atom stereocenters. The summed E-state index contributed by atoms with van der Waals surface area (Å²) in [6.07, 6.45) is -1.17. The second-order valence-electron chi connectivity index (χ2n) is 4.14. The number of carbonyl (C=O) groups excluding carboxylic acids is 1. The zero-order valence-corrected chi connectivity index (χ0v) is 14.0. The quantitative estimate of drug-likeness (QED) is 0.432. The Hall–Kier alpha value is -0.820. The van der Waals surface area contributed by atoms with Gasteiger partial charge in [-0.25, -0.2) is 4.39 Å². The number of carbonyl (C=O) groups is 1. The van der Waals surface area contributed by atoms with Crippen molar-refractivity contribution in [3.8, 4) is 0 Å². The number of rotatable bonds is 4. The molecule has 0 saturated carbocycles. The molecule has 1 amide bonds. The highest BCUT2D eigenvalue weighted by molar-refractivity contribution is 7.80. The van der Waals surface area contributed by atoms with E-state index in [0.717, 1.165) is 11.3 Å². The van der Waals surface area contributed by atoms with Crippen LogP contribution >= 0.6 is 47.0 Å². The minimum Gasteiger partial charge on any atom is -0.339 e. The van der Waals surface area contributed by atoms with Crippen LogP contribution in [0.2, 0.25) is 0 Å². The highest BCUT2D eigenvalue weighted by Crippen LogP contribution is 2.29. The van der Waals surface area contributed by atoms with E-state index in [9.17, 15) is 9.18 Å². The van der Waals surface area contributed by atoms with E-state index in [1.807, 2.05) is 25.1 Å². The molecule has 21 heavy (non-hydrogen) atoms. The third-order valence-corrected chi connectivity index (χ3v) is 3.18. The van der Waals surface area contributed by atoms with Crippen molar-refractivity contribution in [2.75, 3.05) is 12.0 Å². The number of hydrogen-bond donors (Lipinski definition) is 3. The van der Waals surface area contributed by atoms with Gasteiger partial charge in [-0.3, -0.25) is 4.79 Å². The molecule has 0 heterocycles. The Kier molecular flexibility index (Phi) is 6.93. The molecular weight excluding hydrogens is 360 g/mol. The predicted octanol–water partition coefficient (Wildman–Crippen LogP) is 3.06. The molecule has 0 spiro atoms. The molecule has 4 nitrogen and oxygen atoms in total. The zero-order chi connectivity index (χ0) is 16.0. The van der Waals surface area contributed by atoms with Crippen LogP contribution in [0.15, 0.2) is 24.3 Å². The van der Waals surface area contributed by atoms with Crippen molar-refractivity contribution in [3.63, 3.8) is 0 Å². The Morgan fingerprint density at radius 1 is 1.38 bits per heavy atom. The van der Waals surface area contributed by atoms with Crippen molar-refractivity contribution in [2.24, 2.45) is 0 Å². The Morgan fingerprint density at radius 2 is 2.05 bits per heavy atom. The molecule has 0 aromatic heterocycles. The number of nitrogens with one attached hydrogen (secondary N) is 3. The number of alkyl halides is 4. The molecular formula is C12H13Cl3FN3OS. The Morgan fingerprint density at radius 3 is 2.57 bits per heavy atom. The lowest BCUT2D eigenvalue weighted by Crippen LogP contribution is -2.56. The van der Waals surface area contributed by atoms with E-state index in [-0.39, 0.29) is 5.11 Å². The Bertz CT molecular complexity index is 525. The molecule has 3 N–H and O–H groups in total. The number of hydrogen-bond acceptors (Lipinski definition) is 2. The van der Waals surface area contributed by atoms with Crippen LogP contribution in [0.5, 0.6) is 0 Å². The molecule has 1 aromatic rings. The SMILES string of the molecule is Cc1cccc(NC(=S)N[C@@H](NC(=O)CF)C(Cl)(Cl)Cl)c1. The summed E-state index contributed by atoms with van der Waals surface area (Å²) >= 11 is 22.2. The molecule has 0 bridgehead atoms. The lowest BCUT2D eigenvalue weighted by atomic mass is 10.2. The number of aryl methyl sites for hydroxylation is 1. The zero-order valence-electron chi connectivity index (χ0n) is 10.9. The van der Waals surface area contributed by atoms with Crippen molar-refractivity contribution in [1.82, 2.24) is 10.6 Å². The maximum absolute atomic E-state index is 12.2. The molecule has 9 heteroatoms. The number of amides is 1. The van der Waals surface area contributed by atoms with Gasteiger partial charge in [0.2, 0.25) is 3.79 Å². The molecule has 0 radical (unpaired) electrons. The summed E-state index contributed by atoms with van der Waals surface area (Å²) in [7, 11) is 0. The van der Waals surface area contributed by atoms with Gasteiger partial charge < -0.3 is 16.0 Å². The average molecular weight is 373 g/mol. The van der Waals surface area contributed by atoms with Gasteiger partial charge in [-0.15, -0.1) is 0 Å². The molecule has 1 rings (SSSR count). The molecule has 116 valence electrons. The van der Waals surface area contributed by atoms with Gasteiger partial charge in [-0.1, -0.05) is 46.9 Å². The summed E-state index contributed by atoms with van der Waals surface area (Å²) in [5.74, 6) is -0.919. The van der Waals surface area contributed by atoms with E-state index in [1.165, 1.54) is 0 Å². The summed E-state index contributed by atoms with van der Waals surface area (Å²) in [6.45, 7) is 0.699. The maximum Gasteiger partial charge on any atom is 0.253 e. The summed E-state index contributed by atoms with van der Waals surface area (Å²) in [5, 5.41) is 7.80. The molecule has 0 aliphatic carbocycles. The van der Waals surface area contributed by atoms with E-state index >= 15 is 0 Å². The van der Waals surface area contributed by atoms with Crippen LogP contribution in [0.4, 0.5) is 10.1 Å². The molecule has 1 aromatic carbocycles. The fourth-order valence-electron chi connectivity index (χ4n) is 1.42. The molecule has 0 unspecified atom stereocenters.